The number of phenols is 1. The molecular weight excluding hydrogens is 407 g/mol. The van der Waals surface area contributed by atoms with E-state index in [4.69, 9.17) is 10.8 Å². The molecule has 0 fully saturated rings. The minimum absolute atomic E-state index is 0. The van der Waals surface area contributed by atoms with Crippen molar-refractivity contribution in [1.29, 1.82) is 0 Å². The molecule has 0 heterocycles. The van der Waals surface area contributed by atoms with E-state index in [9.17, 15) is 4.79 Å². The van der Waals surface area contributed by atoms with Gasteiger partial charge in [-0.15, -0.1) is 24.0 Å². The Morgan fingerprint density at radius 3 is 2.39 bits per heavy atom. The summed E-state index contributed by atoms with van der Waals surface area (Å²) < 4.78 is 0. The lowest BCUT2D eigenvalue weighted by atomic mass is 10.2. The van der Waals surface area contributed by atoms with Crippen LogP contribution in [-0.4, -0.2) is 30.1 Å². The molecule has 7 heteroatoms. The normalized spacial score (nSPS) is 10.5. The third kappa shape index (κ3) is 6.55. The Bertz CT molecular complexity index is 645. The van der Waals surface area contributed by atoms with Crippen LogP contribution in [0.5, 0.6) is 5.75 Å². The van der Waals surface area contributed by atoms with E-state index < -0.39 is 0 Å². The summed E-state index contributed by atoms with van der Waals surface area (Å²) in [4.78, 5) is 15.9. The number of para-hydroxylation sites is 1. The fraction of sp³-hybridized carbons (Fsp3) is 0.125. The zero-order chi connectivity index (χ0) is 15.8. The number of carbonyl (C=O) groups is 1. The number of hydrogen-bond acceptors (Lipinski definition) is 3. The first-order chi connectivity index (χ1) is 10.6. The highest BCUT2D eigenvalue weighted by Gasteiger charge is 2.03. The molecule has 2 rings (SSSR count). The number of carbonyl (C=O) groups excluding carboxylic acids is 1. The number of aromatic hydroxyl groups is 1. The lowest BCUT2D eigenvalue weighted by molar-refractivity contribution is 0.0955. The first-order valence-corrected chi connectivity index (χ1v) is 6.84. The van der Waals surface area contributed by atoms with Crippen molar-refractivity contribution in [1.82, 2.24) is 5.32 Å². The molecule has 2 aromatic carbocycles. The first kappa shape index (κ1) is 18.8. The molecule has 0 aromatic heterocycles. The molecule has 0 aliphatic carbocycles. The molecular formula is C16H19IN4O2. The number of aliphatic imine (C=N–C) groups is 1. The van der Waals surface area contributed by atoms with E-state index in [0.717, 1.165) is 5.69 Å². The van der Waals surface area contributed by atoms with Gasteiger partial charge in [0.1, 0.15) is 5.75 Å². The van der Waals surface area contributed by atoms with E-state index in [1.165, 1.54) is 12.1 Å². The van der Waals surface area contributed by atoms with Crippen molar-refractivity contribution >= 4 is 41.5 Å². The van der Waals surface area contributed by atoms with Crippen LogP contribution in [0.2, 0.25) is 0 Å². The van der Waals surface area contributed by atoms with Crippen LogP contribution >= 0.6 is 24.0 Å². The minimum Gasteiger partial charge on any atom is -0.508 e. The second kappa shape index (κ2) is 9.67. The van der Waals surface area contributed by atoms with Gasteiger partial charge in [0, 0.05) is 17.8 Å². The van der Waals surface area contributed by atoms with Crippen molar-refractivity contribution in [2.45, 2.75) is 0 Å². The summed E-state index contributed by atoms with van der Waals surface area (Å²) in [5.41, 5.74) is 7.09. The van der Waals surface area contributed by atoms with Crippen LogP contribution in [0.1, 0.15) is 10.4 Å². The Morgan fingerprint density at radius 1 is 1.09 bits per heavy atom. The topological polar surface area (TPSA) is 99.7 Å². The number of rotatable bonds is 5. The Labute approximate surface area is 151 Å². The van der Waals surface area contributed by atoms with E-state index >= 15 is 0 Å². The highest BCUT2D eigenvalue weighted by Crippen LogP contribution is 2.09. The largest absolute Gasteiger partial charge is 0.508 e. The second-order valence-electron chi connectivity index (χ2n) is 4.56. The number of amides is 1. The number of anilines is 1. The van der Waals surface area contributed by atoms with Gasteiger partial charge in [0.25, 0.3) is 5.91 Å². The Morgan fingerprint density at radius 2 is 1.74 bits per heavy atom. The Kier molecular flexibility index (Phi) is 7.89. The smallest absolute Gasteiger partial charge is 0.251 e. The monoisotopic (exact) mass is 426 g/mol. The van der Waals surface area contributed by atoms with Crippen LogP contribution in [-0.2, 0) is 0 Å². The van der Waals surface area contributed by atoms with E-state index in [1.54, 1.807) is 12.1 Å². The average molecular weight is 426 g/mol. The van der Waals surface area contributed by atoms with Gasteiger partial charge in [-0.2, -0.15) is 0 Å². The average Bonchev–Trinajstić information content (AvgIpc) is 2.53. The number of nitrogens with one attached hydrogen (secondary N) is 2. The molecule has 0 aliphatic rings. The number of guanidine groups is 1. The van der Waals surface area contributed by atoms with Gasteiger partial charge < -0.3 is 21.5 Å². The first-order valence-electron chi connectivity index (χ1n) is 6.84. The molecule has 0 radical (unpaired) electrons. The maximum atomic E-state index is 11.8. The highest BCUT2D eigenvalue weighted by molar-refractivity contribution is 14.0. The highest BCUT2D eigenvalue weighted by atomic mass is 127. The summed E-state index contributed by atoms with van der Waals surface area (Å²) in [6.07, 6.45) is 0. The fourth-order valence-electron chi connectivity index (χ4n) is 1.77. The van der Waals surface area contributed by atoms with E-state index in [2.05, 4.69) is 15.6 Å². The van der Waals surface area contributed by atoms with Crippen molar-refractivity contribution < 1.29 is 9.90 Å². The molecule has 0 spiro atoms. The minimum atomic E-state index is -0.218. The number of halogens is 1. The number of nitrogens with zero attached hydrogens (tertiary/aromatic N) is 1. The number of nitrogens with two attached hydrogens (primary N) is 1. The fourth-order valence-corrected chi connectivity index (χ4v) is 1.77. The molecule has 122 valence electrons. The molecule has 23 heavy (non-hydrogen) atoms. The van der Waals surface area contributed by atoms with Gasteiger partial charge in [-0.05, 0) is 36.4 Å². The third-order valence-corrected chi connectivity index (χ3v) is 2.86. The maximum absolute atomic E-state index is 11.8. The van der Waals surface area contributed by atoms with Crippen LogP contribution in [0.25, 0.3) is 0 Å². The quantitative estimate of drug-likeness (QED) is 0.255. The third-order valence-electron chi connectivity index (χ3n) is 2.86. The molecule has 0 aliphatic heterocycles. The molecule has 6 nitrogen and oxygen atoms in total. The zero-order valence-electron chi connectivity index (χ0n) is 12.4. The Hall–Kier alpha value is -2.29. The van der Waals surface area contributed by atoms with Crippen LogP contribution in [0.15, 0.2) is 59.6 Å². The van der Waals surface area contributed by atoms with Gasteiger partial charge in [0.2, 0.25) is 0 Å². The van der Waals surface area contributed by atoms with Crippen molar-refractivity contribution in [3.05, 3.63) is 60.2 Å². The van der Waals surface area contributed by atoms with Crippen molar-refractivity contribution in [3.8, 4) is 5.75 Å². The van der Waals surface area contributed by atoms with Gasteiger partial charge in [0.05, 0.1) is 6.54 Å². The SMILES string of the molecule is I.NC(=NCCNC(=O)c1ccc(O)cc1)Nc1ccccc1. The molecule has 0 atom stereocenters. The summed E-state index contributed by atoms with van der Waals surface area (Å²) in [6, 6.07) is 15.5. The van der Waals surface area contributed by atoms with E-state index in [0.29, 0.717) is 24.6 Å². The summed E-state index contributed by atoms with van der Waals surface area (Å²) in [5, 5.41) is 14.8. The van der Waals surface area contributed by atoms with Gasteiger partial charge in [-0.3, -0.25) is 9.79 Å². The number of phenolic OH excluding ortho intramolecular Hbond substituents is 1. The van der Waals surface area contributed by atoms with Gasteiger partial charge in [0.15, 0.2) is 5.96 Å². The zero-order valence-corrected chi connectivity index (χ0v) is 14.7. The predicted octanol–water partition coefficient (Wildman–Crippen LogP) is 2.17. The van der Waals surface area contributed by atoms with Crippen LogP contribution in [0, 0.1) is 0 Å². The lowest BCUT2D eigenvalue weighted by Gasteiger charge is -2.06. The van der Waals surface area contributed by atoms with Crippen LogP contribution < -0.4 is 16.4 Å². The van der Waals surface area contributed by atoms with Gasteiger partial charge in [-0.25, -0.2) is 0 Å². The molecule has 5 N–H and O–H groups in total. The maximum Gasteiger partial charge on any atom is 0.251 e. The molecule has 0 saturated heterocycles. The summed E-state index contributed by atoms with van der Waals surface area (Å²) in [6.45, 7) is 0.742. The number of benzene rings is 2. The molecule has 0 bridgehead atoms. The van der Waals surface area contributed by atoms with Crippen molar-refractivity contribution in [3.63, 3.8) is 0 Å². The standard InChI is InChI=1S/C16H18N4O2.HI/c17-16(20-13-4-2-1-3-5-13)19-11-10-18-15(22)12-6-8-14(21)9-7-12;/h1-9,21H,10-11H2,(H,18,22)(H3,17,19,20);1H. The molecule has 1 amide bonds. The van der Waals surface area contributed by atoms with Crippen molar-refractivity contribution in [2.24, 2.45) is 10.7 Å². The number of hydrogen-bond donors (Lipinski definition) is 4. The molecule has 0 saturated carbocycles. The summed E-state index contributed by atoms with van der Waals surface area (Å²) >= 11 is 0. The predicted molar refractivity (Wildman–Crippen MR) is 102 cm³/mol. The molecule has 2 aromatic rings. The summed E-state index contributed by atoms with van der Waals surface area (Å²) in [5.74, 6) is 0.204. The van der Waals surface area contributed by atoms with Crippen LogP contribution in [0.4, 0.5) is 5.69 Å². The van der Waals surface area contributed by atoms with Gasteiger partial charge in [-0.1, -0.05) is 18.2 Å². The van der Waals surface area contributed by atoms with Gasteiger partial charge >= 0.3 is 0 Å². The van der Waals surface area contributed by atoms with Crippen molar-refractivity contribution in [2.75, 3.05) is 18.4 Å². The summed E-state index contributed by atoms with van der Waals surface area (Å²) in [7, 11) is 0. The van der Waals surface area contributed by atoms with E-state index in [1.807, 2.05) is 30.3 Å². The lowest BCUT2D eigenvalue weighted by Crippen LogP contribution is -2.28. The Balaban J connectivity index is 0.00000264. The second-order valence-corrected chi connectivity index (χ2v) is 4.56. The molecule has 0 unspecified atom stereocenters. The van der Waals surface area contributed by atoms with E-state index in [-0.39, 0.29) is 35.6 Å². The van der Waals surface area contributed by atoms with Crippen LogP contribution in [0.3, 0.4) is 0 Å².